The van der Waals surface area contributed by atoms with Gasteiger partial charge in [-0.3, -0.25) is 4.57 Å². The van der Waals surface area contributed by atoms with Crippen molar-refractivity contribution in [1.82, 2.24) is 5.32 Å². The molecule has 6 nitrogen and oxygen atoms in total. The van der Waals surface area contributed by atoms with Gasteiger partial charge in [-0.25, -0.2) is 4.79 Å². The third-order valence-electron chi connectivity index (χ3n) is 4.22. The minimum atomic E-state index is -3.86. The molecular formula is C20H25N2O4PS. The first-order chi connectivity index (χ1) is 13.3. The zero-order chi connectivity index (χ0) is 20.6. The van der Waals surface area contributed by atoms with Crippen molar-refractivity contribution in [2.75, 3.05) is 6.61 Å². The van der Waals surface area contributed by atoms with Crippen molar-refractivity contribution in [3.05, 3.63) is 71.3 Å². The molecule has 0 aromatic heterocycles. The van der Waals surface area contributed by atoms with Crippen LogP contribution >= 0.6 is 19.6 Å². The van der Waals surface area contributed by atoms with Crippen LogP contribution in [0, 0.1) is 0 Å². The summed E-state index contributed by atoms with van der Waals surface area (Å²) >= 11 is 5.12. The van der Waals surface area contributed by atoms with E-state index < -0.39 is 13.2 Å². The largest absolute Gasteiger partial charge is 0.462 e. The fourth-order valence-electron chi connectivity index (χ4n) is 2.55. The Hall–Kier alpha value is -2.05. The molecule has 2 aromatic rings. The summed E-state index contributed by atoms with van der Waals surface area (Å²) in [6.45, 7) is 2.32. The van der Waals surface area contributed by atoms with E-state index in [-0.39, 0.29) is 17.2 Å². The number of carbonyl (C=O) groups is 1. The summed E-state index contributed by atoms with van der Waals surface area (Å²) < 4.78 is 17.4. The summed E-state index contributed by atoms with van der Waals surface area (Å²) in [5.41, 5.74) is 8.27. The van der Waals surface area contributed by atoms with Crippen molar-refractivity contribution in [1.29, 1.82) is 0 Å². The molecule has 0 radical (unpaired) electrons. The molecule has 0 saturated carbocycles. The second kappa shape index (κ2) is 10.5. The molecule has 0 spiro atoms. The lowest BCUT2D eigenvalue weighted by Crippen LogP contribution is -2.30. The lowest BCUT2D eigenvalue weighted by atomic mass is 10.1. The summed E-state index contributed by atoms with van der Waals surface area (Å²) in [5, 5.41) is 2.81. The van der Waals surface area contributed by atoms with Gasteiger partial charge in [0.2, 0.25) is 0 Å². The number of ether oxygens (including phenoxy) is 1. The van der Waals surface area contributed by atoms with E-state index in [0.717, 1.165) is 11.1 Å². The quantitative estimate of drug-likeness (QED) is 0.325. The van der Waals surface area contributed by atoms with Crippen molar-refractivity contribution in [2.24, 2.45) is 5.73 Å². The third-order valence-corrected chi connectivity index (χ3v) is 7.05. The maximum atomic E-state index is 12.6. The molecule has 0 bridgehead atoms. The topological polar surface area (TPSA) is 102 Å². The molecule has 2 atom stereocenters. The van der Waals surface area contributed by atoms with Crippen LogP contribution in [0.1, 0.15) is 34.8 Å². The molecule has 8 heteroatoms. The fourth-order valence-corrected chi connectivity index (χ4v) is 4.11. The zero-order valence-electron chi connectivity index (χ0n) is 15.7. The van der Waals surface area contributed by atoms with Crippen LogP contribution in [0.2, 0.25) is 0 Å². The van der Waals surface area contributed by atoms with Crippen LogP contribution in [-0.4, -0.2) is 28.0 Å². The first-order valence-electron chi connectivity index (χ1n) is 9.01. The molecule has 4 N–H and O–H groups in total. The molecule has 0 saturated heterocycles. The summed E-state index contributed by atoms with van der Waals surface area (Å²) in [7, 11) is -3.86. The number of hydrogen-bond acceptors (Lipinski definition) is 5. The van der Waals surface area contributed by atoms with Gasteiger partial charge < -0.3 is 20.7 Å². The first-order valence-corrected chi connectivity index (χ1v) is 11.1. The lowest BCUT2D eigenvalue weighted by Gasteiger charge is -2.21. The van der Waals surface area contributed by atoms with Gasteiger partial charge >= 0.3 is 5.97 Å². The van der Waals surface area contributed by atoms with Gasteiger partial charge in [-0.1, -0.05) is 54.7 Å². The minimum Gasteiger partial charge on any atom is -0.462 e. The number of hydrogen-bond donors (Lipinski definition) is 3. The number of carbonyl (C=O) groups excluding carboxylic acids is 1. The summed E-state index contributed by atoms with van der Waals surface area (Å²) in [5.74, 6) is -1.32. The molecule has 0 fully saturated rings. The van der Waals surface area contributed by atoms with E-state index in [0.29, 0.717) is 25.0 Å². The smallest absolute Gasteiger partial charge is 0.338 e. The second-order valence-corrected chi connectivity index (χ2v) is 9.36. The van der Waals surface area contributed by atoms with Crippen LogP contribution < -0.4 is 11.1 Å². The van der Waals surface area contributed by atoms with E-state index in [2.05, 4.69) is 5.32 Å². The Balaban J connectivity index is 1.88. The summed E-state index contributed by atoms with van der Waals surface area (Å²) in [4.78, 5) is 22.0. The van der Waals surface area contributed by atoms with Gasteiger partial charge in [-0.15, -0.1) is 0 Å². The summed E-state index contributed by atoms with van der Waals surface area (Å²) in [6.07, 6.45) is 0.957. The highest BCUT2D eigenvalue weighted by Gasteiger charge is 2.32. The molecule has 28 heavy (non-hydrogen) atoms. The Labute approximate surface area is 170 Å². The average molecular weight is 420 g/mol. The molecule has 0 aliphatic rings. The van der Waals surface area contributed by atoms with Gasteiger partial charge in [0.1, 0.15) is 0 Å². The van der Waals surface area contributed by atoms with E-state index in [1.54, 1.807) is 31.2 Å². The zero-order valence-corrected chi connectivity index (χ0v) is 17.4. The Morgan fingerprint density at radius 3 is 2.43 bits per heavy atom. The van der Waals surface area contributed by atoms with Gasteiger partial charge in [0.15, 0.2) is 4.73 Å². The maximum absolute atomic E-state index is 12.6. The fraction of sp³-hybridized carbons (Fsp3) is 0.300. The van der Waals surface area contributed by atoms with Gasteiger partial charge in [0.05, 0.1) is 18.0 Å². The molecule has 0 aliphatic carbocycles. The highest BCUT2D eigenvalue weighted by Crippen LogP contribution is 2.46. The molecule has 2 aromatic carbocycles. The van der Waals surface area contributed by atoms with E-state index in [1.165, 1.54) is 0 Å². The molecule has 2 rings (SSSR count). The van der Waals surface area contributed by atoms with Crippen LogP contribution in [0.4, 0.5) is 0 Å². The van der Waals surface area contributed by atoms with Gasteiger partial charge in [-0.2, -0.15) is 0 Å². The number of benzene rings is 2. The van der Waals surface area contributed by atoms with Crippen molar-refractivity contribution < 1.29 is 19.0 Å². The van der Waals surface area contributed by atoms with Crippen LogP contribution in [0.3, 0.4) is 0 Å². The second-order valence-electron chi connectivity index (χ2n) is 6.29. The molecule has 0 aliphatic heterocycles. The number of rotatable bonds is 9. The van der Waals surface area contributed by atoms with Gasteiger partial charge in [-0.05, 0) is 43.0 Å². The van der Waals surface area contributed by atoms with Crippen molar-refractivity contribution in [2.45, 2.75) is 32.1 Å². The standard InChI is InChI=1S/C20H25N2O4PS/c1-2-26-19(23)17-11-8-16(9-12-17)14-22-20(28)27(24,25)18(21)13-10-15-6-4-3-5-7-15/h3-9,11-12,18H,2,10,13-14,21H2,1H3,(H,22,28)(H,24,25). The van der Waals surface area contributed by atoms with Crippen LogP contribution in [0.15, 0.2) is 54.6 Å². The van der Waals surface area contributed by atoms with Gasteiger partial charge in [0.25, 0.3) is 7.37 Å². The predicted molar refractivity (Wildman–Crippen MR) is 114 cm³/mol. The number of nitrogens with two attached hydrogens (primary N) is 1. The maximum Gasteiger partial charge on any atom is 0.338 e. The van der Waals surface area contributed by atoms with E-state index >= 15 is 0 Å². The highest BCUT2D eigenvalue weighted by atomic mass is 32.1. The Morgan fingerprint density at radius 1 is 1.18 bits per heavy atom. The molecule has 0 amide bonds. The lowest BCUT2D eigenvalue weighted by molar-refractivity contribution is 0.0526. The van der Waals surface area contributed by atoms with Crippen molar-refractivity contribution in [3.63, 3.8) is 0 Å². The van der Waals surface area contributed by atoms with E-state index in [1.807, 2.05) is 30.3 Å². The first kappa shape index (κ1) is 22.2. The number of esters is 1. The SMILES string of the molecule is CCOC(=O)c1ccc(CNC(=S)P(=O)(O)C(N)CCc2ccccc2)cc1. The predicted octanol–water partition coefficient (Wildman–Crippen LogP) is 3.43. The van der Waals surface area contributed by atoms with Gasteiger partial charge in [0, 0.05) is 6.54 Å². The van der Waals surface area contributed by atoms with Crippen LogP contribution in [0.25, 0.3) is 0 Å². The van der Waals surface area contributed by atoms with E-state index in [4.69, 9.17) is 22.7 Å². The number of thiocarbonyl (C=S) groups is 1. The van der Waals surface area contributed by atoms with Crippen LogP contribution in [-0.2, 0) is 22.3 Å². The summed E-state index contributed by atoms with van der Waals surface area (Å²) in [6, 6.07) is 16.4. The van der Waals surface area contributed by atoms with Crippen LogP contribution in [0.5, 0.6) is 0 Å². The van der Waals surface area contributed by atoms with E-state index in [9.17, 15) is 14.3 Å². The van der Waals surface area contributed by atoms with Crippen molar-refractivity contribution >= 4 is 30.3 Å². The monoisotopic (exact) mass is 420 g/mol. The van der Waals surface area contributed by atoms with Crippen molar-refractivity contribution in [3.8, 4) is 0 Å². The Kier molecular flexibility index (Phi) is 8.33. The number of aryl methyl sites for hydroxylation is 1. The molecule has 0 heterocycles. The molecule has 2 unspecified atom stereocenters. The Bertz CT molecular complexity index is 843. The third kappa shape index (κ3) is 6.24. The normalized spacial score (nSPS) is 14.0. The average Bonchev–Trinajstić information content (AvgIpc) is 2.71. The number of nitrogens with one attached hydrogen (secondary N) is 1. The Morgan fingerprint density at radius 2 is 1.82 bits per heavy atom. The molecule has 150 valence electrons. The molecular weight excluding hydrogens is 395 g/mol. The highest BCUT2D eigenvalue weighted by molar-refractivity contribution is 7.99. The minimum absolute atomic E-state index is 0.137.